The van der Waals surface area contributed by atoms with Crippen LogP contribution >= 0.6 is 0 Å². The molecule has 0 radical (unpaired) electrons. The van der Waals surface area contributed by atoms with Crippen molar-refractivity contribution in [2.45, 2.75) is 0 Å². The molecule has 0 aliphatic carbocycles. The van der Waals surface area contributed by atoms with Gasteiger partial charge in [-0.1, -0.05) is 6.07 Å². The number of aromatic amines is 1. The van der Waals surface area contributed by atoms with E-state index in [-0.39, 0.29) is 6.79 Å². The first-order chi connectivity index (χ1) is 10.3. The first kappa shape index (κ1) is 11.7. The van der Waals surface area contributed by atoms with Crippen molar-refractivity contribution < 1.29 is 9.47 Å². The number of rotatable bonds is 2. The summed E-state index contributed by atoms with van der Waals surface area (Å²) in [6.45, 7) is 0.237. The Morgan fingerprint density at radius 1 is 1.05 bits per heavy atom. The predicted molar refractivity (Wildman–Crippen MR) is 75.6 cm³/mol. The number of nitrogens with two attached hydrogens (primary N) is 1. The second kappa shape index (κ2) is 4.48. The van der Waals surface area contributed by atoms with Crippen molar-refractivity contribution in [3.8, 4) is 33.9 Å². The highest BCUT2D eigenvalue weighted by Crippen LogP contribution is 2.40. The predicted octanol–water partition coefficient (Wildman–Crippen LogP) is 1.84. The summed E-state index contributed by atoms with van der Waals surface area (Å²) >= 11 is 0. The Hall–Kier alpha value is -3.09. The van der Waals surface area contributed by atoms with Gasteiger partial charge in [0.05, 0.1) is 23.7 Å². The van der Waals surface area contributed by atoms with Crippen LogP contribution < -0.4 is 15.2 Å². The maximum absolute atomic E-state index is 6.01. The molecule has 0 spiro atoms. The zero-order chi connectivity index (χ0) is 14.2. The molecule has 1 aliphatic rings. The Morgan fingerprint density at radius 3 is 2.81 bits per heavy atom. The SMILES string of the molecule is Nc1n[nH]c(-c2ccnnc2)c1-c1ccc2c(c1)OCO2. The van der Waals surface area contributed by atoms with Crippen LogP contribution in [-0.2, 0) is 0 Å². The molecule has 0 unspecified atom stereocenters. The molecular weight excluding hydrogens is 270 g/mol. The summed E-state index contributed by atoms with van der Waals surface area (Å²) < 4.78 is 10.7. The van der Waals surface area contributed by atoms with E-state index >= 15 is 0 Å². The van der Waals surface area contributed by atoms with E-state index in [9.17, 15) is 0 Å². The van der Waals surface area contributed by atoms with Crippen LogP contribution in [0.25, 0.3) is 22.4 Å². The van der Waals surface area contributed by atoms with Crippen LogP contribution in [0.2, 0.25) is 0 Å². The number of hydrogen-bond donors (Lipinski definition) is 2. The van der Waals surface area contributed by atoms with E-state index in [4.69, 9.17) is 15.2 Å². The summed E-state index contributed by atoms with van der Waals surface area (Å²) in [4.78, 5) is 0. The average Bonchev–Trinajstić information content (AvgIpc) is 3.13. The van der Waals surface area contributed by atoms with Gasteiger partial charge in [0.2, 0.25) is 6.79 Å². The summed E-state index contributed by atoms with van der Waals surface area (Å²) in [5.41, 5.74) is 9.37. The van der Waals surface area contributed by atoms with Crippen molar-refractivity contribution in [2.24, 2.45) is 0 Å². The van der Waals surface area contributed by atoms with Gasteiger partial charge in [0, 0.05) is 5.56 Å². The van der Waals surface area contributed by atoms with Gasteiger partial charge in [-0.05, 0) is 23.8 Å². The van der Waals surface area contributed by atoms with Gasteiger partial charge in [0.25, 0.3) is 0 Å². The molecule has 0 saturated heterocycles. The van der Waals surface area contributed by atoms with E-state index in [1.807, 2.05) is 24.3 Å². The van der Waals surface area contributed by atoms with Crippen molar-refractivity contribution in [2.75, 3.05) is 12.5 Å². The fourth-order valence-electron chi connectivity index (χ4n) is 2.35. The Balaban J connectivity index is 1.87. The first-order valence-corrected chi connectivity index (χ1v) is 6.34. The van der Waals surface area contributed by atoms with Crippen LogP contribution in [0.5, 0.6) is 11.5 Å². The van der Waals surface area contributed by atoms with Crippen LogP contribution in [0.3, 0.4) is 0 Å². The van der Waals surface area contributed by atoms with Crippen LogP contribution in [0.15, 0.2) is 36.7 Å². The number of aromatic nitrogens is 4. The summed E-state index contributed by atoms with van der Waals surface area (Å²) in [6, 6.07) is 7.52. The second-order valence-electron chi connectivity index (χ2n) is 4.56. The monoisotopic (exact) mass is 281 g/mol. The summed E-state index contributed by atoms with van der Waals surface area (Å²) in [5, 5.41) is 14.7. The highest BCUT2D eigenvalue weighted by Gasteiger charge is 2.19. The third-order valence-corrected chi connectivity index (χ3v) is 3.33. The molecule has 21 heavy (non-hydrogen) atoms. The van der Waals surface area contributed by atoms with E-state index in [0.29, 0.717) is 11.6 Å². The number of nitrogens with zero attached hydrogens (tertiary/aromatic N) is 3. The van der Waals surface area contributed by atoms with Crippen molar-refractivity contribution in [1.82, 2.24) is 20.4 Å². The fourth-order valence-corrected chi connectivity index (χ4v) is 2.35. The molecule has 7 nitrogen and oxygen atoms in total. The zero-order valence-corrected chi connectivity index (χ0v) is 10.9. The minimum atomic E-state index is 0.237. The molecule has 0 amide bonds. The van der Waals surface area contributed by atoms with Crippen molar-refractivity contribution in [3.63, 3.8) is 0 Å². The minimum absolute atomic E-state index is 0.237. The quantitative estimate of drug-likeness (QED) is 0.743. The highest BCUT2D eigenvalue weighted by atomic mass is 16.7. The largest absolute Gasteiger partial charge is 0.454 e. The molecule has 1 aromatic carbocycles. The van der Waals surface area contributed by atoms with Gasteiger partial charge < -0.3 is 15.2 Å². The molecule has 1 aliphatic heterocycles. The molecule has 0 saturated carbocycles. The number of hydrogen-bond acceptors (Lipinski definition) is 6. The molecule has 0 atom stereocenters. The molecule has 3 N–H and O–H groups in total. The molecular formula is C14H11N5O2. The van der Waals surface area contributed by atoms with Gasteiger partial charge in [-0.25, -0.2) is 0 Å². The smallest absolute Gasteiger partial charge is 0.231 e. The second-order valence-corrected chi connectivity index (χ2v) is 4.56. The number of ether oxygens (including phenoxy) is 2. The molecule has 2 aromatic heterocycles. The lowest BCUT2D eigenvalue weighted by Gasteiger charge is -2.05. The van der Waals surface area contributed by atoms with Crippen LogP contribution in [0.1, 0.15) is 0 Å². The van der Waals surface area contributed by atoms with Gasteiger partial charge in [-0.3, -0.25) is 5.10 Å². The third-order valence-electron chi connectivity index (χ3n) is 3.33. The topological polar surface area (TPSA) is 98.9 Å². The lowest BCUT2D eigenvalue weighted by Crippen LogP contribution is -1.93. The maximum Gasteiger partial charge on any atom is 0.231 e. The molecule has 3 aromatic rings. The van der Waals surface area contributed by atoms with E-state index in [1.165, 1.54) is 0 Å². The Bertz CT molecular complexity index is 800. The number of nitrogens with one attached hydrogen (secondary N) is 1. The number of fused-ring (bicyclic) bond motifs is 1. The minimum Gasteiger partial charge on any atom is -0.454 e. The number of benzene rings is 1. The van der Waals surface area contributed by atoms with Crippen molar-refractivity contribution in [3.05, 3.63) is 36.7 Å². The van der Waals surface area contributed by atoms with Gasteiger partial charge >= 0.3 is 0 Å². The van der Waals surface area contributed by atoms with Gasteiger partial charge in [0.15, 0.2) is 17.3 Å². The molecule has 104 valence electrons. The Morgan fingerprint density at radius 2 is 1.95 bits per heavy atom. The molecule has 0 bridgehead atoms. The first-order valence-electron chi connectivity index (χ1n) is 6.34. The number of nitrogen functional groups attached to an aromatic ring is 1. The summed E-state index contributed by atoms with van der Waals surface area (Å²) in [5.74, 6) is 1.85. The van der Waals surface area contributed by atoms with Gasteiger partial charge in [-0.2, -0.15) is 15.3 Å². The molecule has 4 rings (SSSR count). The van der Waals surface area contributed by atoms with Gasteiger partial charge in [0.1, 0.15) is 0 Å². The van der Waals surface area contributed by atoms with E-state index in [2.05, 4.69) is 20.4 Å². The Labute approximate surface area is 119 Å². The maximum atomic E-state index is 6.01. The fraction of sp³-hybridized carbons (Fsp3) is 0.0714. The lowest BCUT2D eigenvalue weighted by molar-refractivity contribution is 0.174. The van der Waals surface area contributed by atoms with Crippen molar-refractivity contribution >= 4 is 5.82 Å². The van der Waals surface area contributed by atoms with Crippen LogP contribution in [-0.4, -0.2) is 27.2 Å². The lowest BCUT2D eigenvalue weighted by atomic mass is 10.0. The number of anilines is 1. The average molecular weight is 281 g/mol. The molecule has 3 heterocycles. The van der Waals surface area contributed by atoms with Crippen LogP contribution in [0, 0.1) is 0 Å². The highest BCUT2D eigenvalue weighted by molar-refractivity contribution is 5.88. The van der Waals surface area contributed by atoms with Crippen molar-refractivity contribution in [1.29, 1.82) is 0 Å². The third kappa shape index (κ3) is 1.86. The zero-order valence-electron chi connectivity index (χ0n) is 10.9. The van der Waals surface area contributed by atoms with Gasteiger partial charge in [-0.15, -0.1) is 0 Å². The Kier molecular flexibility index (Phi) is 2.50. The number of H-pyrrole nitrogens is 1. The molecule has 7 heteroatoms. The van der Waals surface area contributed by atoms with E-state index in [0.717, 1.165) is 28.1 Å². The molecule has 0 fully saturated rings. The standard InChI is InChI=1S/C14H11N5O2/c15-14-12(8-1-2-10-11(5-8)21-7-20-10)13(18-19-14)9-3-4-16-17-6-9/h1-6H,7H2,(H3,15,18,19). The summed E-state index contributed by atoms with van der Waals surface area (Å²) in [7, 11) is 0. The normalized spacial score (nSPS) is 12.6. The van der Waals surface area contributed by atoms with E-state index in [1.54, 1.807) is 12.4 Å². The summed E-state index contributed by atoms with van der Waals surface area (Å²) in [6.07, 6.45) is 3.28. The van der Waals surface area contributed by atoms with Crippen LogP contribution in [0.4, 0.5) is 5.82 Å². The van der Waals surface area contributed by atoms with E-state index < -0.39 is 0 Å².